The maximum atomic E-state index is 6.08. The fourth-order valence-corrected chi connectivity index (χ4v) is 2.45. The molecule has 0 aromatic heterocycles. The second-order valence-electron chi connectivity index (χ2n) is 5.43. The molecular weight excluding hydrogens is 198 g/mol. The highest BCUT2D eigenvalue weighted by atomic mass is 15.2. The largest absolute Gasteiger partial charge is 0.370 e. The third kappa shape index (κ3) is 2.89. The van der Waals surface area contributed by atoms with Crippen LogP contribution in [-0.2, 0) is 0 Å². The highest BCUT2D eigenvalue weighted by Gasteiger charge is 2.40. The van der Waals surface area contributed by atoms with Crippen LogP contribution in [0.25, 0.3) is 0 Å². The van der Waals surface area contributed by atoms with Crippen molar-refractivity contribution in [3.8, 4) is 0 Å². The summed E-state index contributed by atoms with van der Waals surface area (Å²) in [5.41, 5.74) is 6.61. The summed E-state index contributed by atoms with van der Waals surface area (Å²) >= 11 is 0. The van der Waals surface area contributed by atoms with Crippen molar-refractivity contribution in [2.45, 2.75) is 51.9 Å². The van der Waals surface area contributed by atoms with Crippen LogP contribution in [0.4, 0.5) is 0 Å². The van der Waals surface area contributed by atoms with Gasteiger partial charge in [-0.15, -0.1) is 0 Å². The molecule has 1 aliphatic heterocycles. The molecule has 0 aromatic carbocycles. The van der Waals surface area contributed by atoms with E-state index in [1.54, 1.807) is 0 Å². The Hall–Kier alpha value is -0.730. The van der Waals surface area contributed by atoms with E-state index in [1.807, 2.05) is 0 Å². The normalized spacial score (nSPS) is 25.3. The summed E-state index contributed by atoms with van der Waals surface area (Å²) in [6.07, 6.45) is 9.19. The highest BCUT2D eigenvalue weighted by Crippen LogP contribution is 2.48. The molecule has 0 spiro atoms. The van der Waals surface area contributed by atoms with Gasteiger partial charge in [0, 0.05) is 19.6 Å². The van der Waals surface area contributed by atoms with Crippen LogP contribution in [0.1, 0.15) is 51.9 Å². The van der Waals surface area contributed by atoms with Crippen LogP contribution in [0, 0.1) is 5.41 Å². The molecule has 1 heterocycles. The third-order valence-corrected chi connectivity index (χ3v) is 4.21. The summed E-state index contributed by atoms with van der Waals surface area (Å²) < 4.78 is 0. The summed E-state index contributed by atoms with van der Waals surface area (Å²) in [5, 5.41) is 0. The van der Waals surface area contributed by atoms with Gasteiger partial charge in [-0.2, -0.15) is 0 Å². The third-order valence-electron chi connectivity index (χ3n) is 4.21. The van der Waals surface area contributed by atoms with Crippen molar-refractivity contribution < 1.29 is 0 Å². The van der Waals surface area contributed by atoms with Crippen LogP contribution in [0.15, 0.2) is 4.99 Å². The summed E-state index contributed by atoms with van der Waals surface area (Å²) in [5.74, 6) is 0.793. The molecule has 0 atom stereocenters. The van der Waals surface area contributed by atoms with Crippen molar-refractivity contribution in [3.63, 3.8) is 0 Å². The zero-order valence-corrected chi connectivity index (χ0v) is 10.5. The number of hydrogen-bond donors (Lipinski definition) is 1. The summed E-state index contributed by atoms with van der Waals surface area (Å²) in [7, 11) is 0. The van der Waals surface area contributed by atoms with E-state index < -0.39 is 0 Å². The SMILES string of the molecule is CCC1(CN=C(N)N2CCCCCC2)CC1. The maximum absolute atomic E-state index is 6.08. The molecule has 3 nitrogen and oxygen atoms in total. The van der Waals surface area contributed by atoms with Crippen LogP contribution in [0.5, 0.6) is 0 Å². The molecular formula is C13H25N3. The Morgan fingerprint density at radius 1 is 1.19 bits per heavy atom. The van der Waals surface area contributed by atoms with Crippen LogP contribution < -0.4 is 5.73 Å². The zero-order chi connectivity index (χ0) is 11.4. The van der Waals surface area contributed by atoms with Crippen molar-refractivity contribution in [2.75, 3.05) is 19.6 Å². The number of aliphatic imine (C=N–C) groups is 1. The Labute approximate surface area is 99.1 Å². The van der Waals surface area contributed by atoms with Crippen molar-refractivity contribution in [3.05, 3.63) is 0 Å². The first-order chi connectivity index (χ1) is 7.76. The van der Waals surface area contributed by atoms with Crippen molar-refractivity contribution >= 4 is 5.96 Å². The van der Waals surface area contributed by atoms with Gasteiger partial charge in [0.2, 0.25) is 0 Å². The molecule has 0 radical (unpaired) electrons. The average Bonchev–Trinajstić information content (AvgIpc) is 3.11. The number of hydrogen-bond acceptors (Lipinski definition) is 1. The molecule has 1 saturated heterocycles. The Bertz CT molecular complexity index is 248. The quantitative estimate of drug-likeness (QED) is 0.589. The van der Waals surface area contributed by atoms with E-state index in [2.05, 4.69) is 16.8 Å². The number of rotatable bonds is 3. The lowest BCUT2D eigenvalue weighted by molar-refractivity contribution is 0.422. The van der Waals surface area contributed by atoms with Gasteiger partial charge in [0.05, 0.1) is 0 Å². The van der Waals surface area contributed by atoms with Crippen molar-refractivity contribution in [2.24, 2.45) is 16.1 Å². The summed E-state index contributed by atoms with van der Waals surface area (Å²) in [4.78, 5) is 6.89. The molecule has 16 heavy (non-hydrogen) atoms. The van der Waals surface area contributed by atoms with E-state index in [-0.39, 0.29) is 0 Å². The van der Waals surface area contributed by atoms with Crippen LogP contribution in [-0.4, -0.2) is 30.5 Å². The topological polar surface area (TPSA) is 41.6 Å². The van der Waals surface area contributed by atoms with E-state index in [0.717, 1.165) is 25.6 Å². The minimum absolute atomic E-state index is 0.524. The minimum atomic E-state index is 0.524. The maximum Gasteiger partial charge on any atom is 0.191 e. The molecule has 2 aliphatic rings. The Balaban J connectivity index is 1.84. The van der Waals surface area contributed by atoms with E-state index >= 15 is 0 Å². The van der Waals surface area contributed by atoms with Crippen LogP contribution in [0.3, 0.4) is 0 Å². The van der Waals surface area contributed by atoms with Gasteiger partial charge in [0.15, 0.2) is 5.96 Å². The van der Waals surface area contributed by atoms with E-state index in [9.17, 15) is 0 Å². The smallest absolute Gasteiger partial charge is 0.191 e. The number of nitrogens with zero attached hydrogens (tertiary/aromatic N) is 2. The van der Waals surface area contributed by atoms with Gasteiger partial charge >= 0.3 is 0 Å². The van der Waals surface area contributed by atoms with Gasteiger partial charge in [-0.3, -0.25) is 4.99 Å². The predicted octanol–water partition coefficient (Wildman–Crippen LogP) is 2.37. The Kier molecular flexibility index (Phi) is 3.72. The van der Waals surface area contributed by atoms with Gasteiger partial charge in [-0.05, 0) is 37.5 Å². The lowest BCUT2D eigenvalue weighted by Crippen LogP contribution is -2.38. The minimum Gasteiger partial charge on any atom is -0.370 e. The molecule has 2 N–H and O–H groups in total. The fraction of sp³-hybridized carbons (Fsp3) is 0.923. The van der Waals surface area contributed by atoms with Crippen molar-refractivity contribution in [1.29, 1.82) is 0 Å². The molecule has 2 rings (SSSR count). The fourth-order valence-electron chi connectivity index (χ4n) is 2.45. The van der Waals surface area contributed by atoms with Crippen LogP contribution >= 0.6 is 0 Å². The Morgan fingerprint density at radius 3 is 2.31 bits per heavy atom. The van der Waals surface area contributed by atoms with Gasteiger partial charge in [0.25, 0.3) is 0 Å². The van der Waals surface area contributed by atoms with E-state index in [0.29, 0.717) is 5.41 Å². The van der Waals surface area contributed by atoms with E-state index in [1.165, 1.54) is 44.9 Å². The van der Waals surface area contributed by atoms with Crippen LogP contribution in [0.2, 0.25) is 0 Å². The second kappa shape index (κ2) is 5.07. The van der Waals surface area contributed by atoms with Gasteiger partial charge in [-0.25, -0.2) is 0 Å². The molecule has 0 aromatic rings. The number of guanidine groups is 1. The van der Waals surface area contributed by atoms with E-state index in [4.69, 9.17) is 5.73 Å². The molecule has 3 heteroatoms. The molecule has 2 fully saturated rings. The first kappa shape index (κ1) is 11.7. The lowest BCUT2D eigenvalue weighted by Gasteiger charge is -2.21. The highest BCUT2D eigenvalue weighted by molar-refractivity contribution is 5.78. The molecule has 1 saturated carbocycles. The Morgan fingerprint density at radius 2 is 1.81 bits per heavy atom. The zero-order valence-electron chi connectivity index (χ0n) is 10.5. The molecule has 92 valence electrons. The molecule has 0 bridgehead atoms. The number of likely N-dealkylation sites (tertiary alicyclic amines) is 1. The molecule has 0 unspecified atom stereocenters. The monoisotopic (exact) mass is 223 g/mol. The van der Waals surface area contributed by atoms with Gasteiger partial charge in [0.1, 0.15) is 0 Å². The summed E-state index contributed by atoms with van der Waals surface area (Å²) in [6.45, 7) is 5.43. The van der Waals surface area contributed by atoms with Crippen molar-refractivity contribution in [1.82, 2.24) is 4.90 Å². The predicted molar refractivity (Wildman–Crippen MR) is 68.5 cm³/mol. The van der Waals surface area contributed by atoms with Gasteiger partial charge in [-0.1, -0.05) is 19.8 Å². The lowest BCUT2D eigenvalue weighted by atomic mass is 10.1. The average molecular weight is 223 g/mol. The first-order valence-corrected chi connectivity index (χ1v) is 6.81. The molecule has 1 aliphatic carbocycles. The molecule has 0 amide bonds. The standard InChI is InChI=1S/C13H25N3/c1-2-13(7-8-13)11-15-12(14)16-9-5-3-4-6-10-16/h2-11H2,1H3,(H2,14,15). The number of nitrogens with two attached hydrogens (primary N) is 1. The van der Waals surface area contributed by atoms with Gasteiger partial charge < -0.3 is 10.6 Å². The second-order valence-corrected chi connectivity index (χ2v) is 5.43. The summed E-state index contributed by atoms with van der Waals surface area (Å²) in [6, 6.07) is 0. The first-order valence-electron chi connectivity index (χ1n) is 6.81.